The van der Waals surface area contributed by atoms with E-state index in [2.05, 4.69) is 20.4 Å². The zero-order valence-electron chi connectivity index (χ0n) is 13.8. The van der Waals surface area contributed by atoms with Crippen molar-refractivity contribution < 1.29 is 9.47 Å². The maximum atomic E-state index is 6.25. The van der Waals surface area contributed by atoms with Gasteiger partial charge < -0.3 is 14.8 Å². The summed E-state index contributed by atoms with van der Waals surface area (Å²) < 4.78 is 11.7. The Bertz CT molecular complexity index is 532. The van der Waals surface area contributed by atoms with Crippen molar-refractivity contribution in [1.29, 1.82) is 0 Å². The predicted molar refractivity (Wildman–Crippen MR) is 87.5 cm³/mol. The number of ether oxygens (including phenoxy) is 2. The van der Waals surface area contributed by atoms with Crippen LogP contribution in [0.2, 0.25) is 0 Å². The average Bonchev–Trinajstić information content (AvgIpc) is 3.18. The molecular formula is C17H26N4O2. The molecule has 4 heterocycles. The summed E-state index contributed by atoms with van der Waals surface area (Å²) in [5.41, 5.74) is 0.978. The zero-order valence-corrected chi connectivity index (χ0v) is 13.8. The van der Waals surface area contributed by atoms with Crippen LogP contribution >= 0.6 is 0 Å². The highest BCUT2D eigenvalue weighted by atomic mass is 16.5. The van der Waals surface area contributed by atoms with Crippen LogP contribution in [-0.2, 0) is 9.47 Å². The lowest BCUT2D eigenvalue weighted by Gasteiger charge is -2.32. The van der Waals surface area contributed by atoms with Gasteiger partial charge in [0.15, 0.2) is 0 Å². The van der Waals surface area contributed by atoms with Crippen molar-refractivity contribution in [3.63, 3.8) is 0 Å². The minimum Gasteiger partial charge on any atom is -0.381 e. The molecule has 0 aromatic carbocycles. The first kappa shape index (κ1) is 15.3. The van der Waals surface area contributed by atoms with Crippen LogP contribution in [0.1, 0.15) is 31.4 Å². The van der Waals surface area contributed by atoms with Gasteiger partial charge in [-0.25, -0.2) is 0 Å². The van der Waals surface area contributed by atoms with Gasteiger partial charge in [0.2, 0.25) is 0 Å². The van der Waals surface area contributed by atoms with Gasteiger partial charge in [-0.2, -0.15) is 5.10 Å². The van der Waals surface area contributed by atoms with E-state index in [9.17, 15) is 0 Å². The summed E-state index contributed by atoms with van der Waals surface area (Å²) >= 11 is 0. The van der Waals surface area contributed by atoms with Crippen LogP contribution in [-0.4, -0.2) is 65.7 Å². The molecule has 6 heteroatoms. The molecule has 4 rings (SSSR count). The Hall–Kier alpha value is -1.24. The molecule has 6 nitrogen and oxygen atoms in total. The highest BCUT2D eigenvalue weighted by molar-refractivity contribution is 5.34. The molecule has 0 saturated carbocycles. The molecule has 0 aliphatic carbocycles. The van der Waals surface area contributed by atoms with Crippen molar-refractivity contribution >= 4 is 5.82 Å². The van der Waals surface area contributed by atoms with Crippen molar-refractivity contribution in [3.8, 4) is 0 Å². The Kier molecular flexibility index (Phi) is 4.22. The number of nitrogens with zero attached hydrogens (tertiary/aromatic N) is 3. The van der Waals surface area contributed by atoms with Crippen molar-refractivity contribution in [1.82, 2.24) is 15.1 Å². The van der Waals surface area contributed by atoms with Gasteiger partial charge >= 0.3 is 0 Å². The molecule has 1 spiro atoms. The van der Waals surface area contributed by atoms with Crippen LogP contribution in [0.4, 0.5) is 5.82 Å². The molecule has 3 aliphatic heterocycles. The Morgan fingerprint density at radius 1 is 1.26 bits per heavy atom. The van der Waals surface area contributed by atoms with E-state index in [1.54, 1.807) is 0 Å². The molecule has 2 atom stereocenters. The Morgan fingerprint density at radius 3 is 2.91 bits per heavy atom. The van der Waals surface area contributed by atoms with E-state index >= 15 is 0 Å². The van der Waals surface area contributed by atoms with Crippen LogP contribution < -0.4 is 5.32 Å². The minimum atomic E-state index is 0.0358. The molecule has 0 bridgehead atoms. The highest BCUT2D eigenvalue weighted by Crippen LogP contribution is 2.37. The van der Waals surface area contributed by atoms with E-state index in [0.717, 1.165) is 70.1 Å². The normalized spacial score (nSPS) is 32.7. The first-order valence-electron chi connectivity index (χ1n) is 8.75. The van der Waals surface area contributed by atoms with E-state index in [1.165, 1.54) is 0 Å². The monoisotopic (exact) mass is 318 g/mol. The summed E-state index contributed by atoms with van der Waals surface area (Å²) in [5.74, 6) is 0.848. The number of hydrogen-bond acceptors (Lipinski definition) is 6. The minimum absolute atomic E-state index is 0.0358. The summed E-state index contributed by atoms with van der Waals surface area (Å²) in [5, 5.41) is 11.8. The first-order chi connectivity index (χ1) is 11.2. The predicted octanol–water partition coefficient (Wildman–Crippen LogP) is 1.61. The van der Waals surface area contributed by atoms with Gasteiger partial charge in [0.1, 0.15) is 5.82 Å². The molecule has 1 N–H and O–H groups in total. The van der Waals surface area contributed by atoms with E-state index < -0.39 is 0 Å². The summed E-state index contributed by atoms with van der Waals surface area (Å²) in [4.78, 5) is 2.62. The molecule has 1 aromatic heterocycles. The molecule has 1 aromatic rings. The van der Waals surface area contributed by atoms with Gasteiger partial charge in [0.25, 0.3) is 0 Å². The maximum absolute atomic E-state index is 6.25. The van der Waals surface area contributed by atoms with Crippen molar-refractivity contribution in [2.45, 2.75) is 50.3 Å². The number of rotatable bonds is 3. The number of nitrogens with one attached hydrogen (secondary N) is 1. The molecule has 126 valence electrons. The zero-order chi connectivity index (χ0) is 15.7. The van der Waals surface area contributed by atoms with Crippen LogP contribution in [0.15, 0.2) is 12.1 Å². The largest absolute Gasteiger partial charge is 0.381 e. The summed E-state index contributed by atoms with van der Waals surface area (Å²) in [6.45, 7) is 6.75. The lowest BCUT2D eigenvalue weighted by atomic mass is 9.97. The smallest absolute Gasteiger partial charge is 0.148 e. The fourth-order valence-electron chi connectivity index (χ4n) is 4.14. The lowest BCUT2D eigenvalue weighted by Crippen LogP contribution is -2.41. The summed E-state index contributed by atoms with van der Waals surface area (Å²) in [7, 11) is 0. The third-order valence-corrected chi connectivity index (χ3v) is 5.41. The van der Waals surface area contributed by atoms with Crippen LogP contribution in [0.5, 0.6) is 0 Å². The second-order valence-electron chi connectivity index (χ2n) is 7.16. The van der Waals surface area contributed by atoms with Gasteiger partial charge in [-0.1, -0.05) is 0 Å². The van der Waals surface area contributed by atoms with E-state index in [0.29, 0.717) is 12.1 Å². The molecule has 23 heavy (non-hydrogen) atoms. The fraction of sp³-hybridized carbons (Fsp3) is 0.765. The Morgan fingerprint density at radius 2 is 2.13 bits per heavy atom. The average molecular weight is 318 g/mol. The number of hydrogen-bond donors (Lipinski definition) is 1. The van der Waals surface area contributed by atoms with Gasteiger partial charge in [-0.3, -0.25) is 4.90 Å². The number of anilines is 1. The SMILES string of the molecule is Cc1ccc(NC2COC3(CCN(C4CCOCC4)C3)C2)nn1. The first-order valence-corrected chi connectivity index (χ1v) is 8.75. The lowest BCUT2D eigenvalue weighted by molar-refractivity contribution is -0.00314. The molecule has 3 saturated heterocycles. The van der Waals surface area contributed by atoms with E-state index in [-0.39, 0.29) is 5.60 Å². The van der Waals surface area contributed by atoms with Crippen molar-refractivity contribution in [2.75, 3.05) is 38.2 Å². The maximum Gasteiger partial charge on any atom is 0.148 e. The van der Waals surface area contributed by atoms with Crippen LogP contribution in [0.3, 0.4) is 0 Å². The number of aromatic nitrogens is 2. The fourth-order valence-corrected chi connectivity index (χ4v) is 4.14. The van der Waals surface area contributed by atoms with E-state index in [4.69, 9.17) is 9.47 Å². The molecular weight excluding hydrogens is 292 g/mol. The van der Waals surface area contributed by atoms with E-state index in [1.807, 2.05) is 19.1 Å². The molecule has 0 amide bonds. The number of aryl methyl sites for hydroxylation is 1. The van der Waals surface area contributed by atoms with Crippen molar-refractivity contribution in [3.05, 3.63) is 17.8 Å². The number of likely N-dealkylation sites (tertiary alicyclic amines) is 1. The van der Waals surface area contributed by atoms with Gasteiger partial charge in [-0.15, -0.1) is 5.10 Å². The third kappa shape index (κ3) is 3.34. The Labute approximate surface area is 137 Å². The van der Waals surface area contributed by atoms with Gasteiger partial charge in [0.05, 0.1) is 23.9 Å². The van der Waals surface area contributed by atoms with Crippen LogP contribution in [0.25, 0.3) is 0 Å². The topological polar surface area (TPSA) is 59.5 Å². The second-order valence-corrected chi connectivity index (χ2v) is 7.16. The standard InChI is InChI=1S/C17H26N4O2/c1-13-2-3-16(20-19-13)18-14-10-17(23-11-14)6-7-21(12-17)15-4-8-22-9-5-15/h2-3,14-15H,4-12H2,1H3,(H,18,20). The summed E-state index contributed by atoms with van der Waals surface area (Å²) in [6.07, 6.45) is 4.53. The molecule has 3 aliphatic rings. The quantitative estimate of drug-likeness (QED) is 0.914. The third-order valence-electron chi connectivity index (χ3n) is 5.41. The summed E-state index contributed by atoms with van der Waals surface area (Å²) in [6, 6.07) is 5.00. The van der Waals surface area contributed by atoms with Gasteiger partial charge in [0, 0.05) is 38.8 Å². The van der Waals surface area contributed by atoms with Crippen LogP contribution in [0, 0.1) is 6.92 Å². The molecule has 2 unspecified atom stereocenters. The second kappa shape index (κ2) is 6.34. The highest BCUT2D eigenvalue weighted by Gasteiger charge is 2.47. The molecule has 0 radical (unpaired) electrons. The van der Waals surface area contributed by atoms with Crippen molar-refractivity contribution in [2.24, 2.45) is 0 Å². The Balaban J connectivity index is 1.33. The molecule has 3 fully saturated rings. The van der Waals surface area contributed by atoms with Gasteiger partial charge in [-0.05, 0) is 38.3 Å².